The predicted octanol–water partition coefficient (Wildman–Crippen LogP) is 14.0. The van der Waals surface area contributed by atoms with Gasteiger partial charge in [0.05, 0.1) is 86.6 Å². The number of nitrogens with zero attached hydrogens (tertiary/aromatic N) is 17. The largest absolute Gasteiger partial charge is 0.453 e. The third-order valence-electron chi connectivity index (χ3n) is 17.4. The van der Waals surface area contributed by atoms with Gasteiger partial charge in [-0.1, -0.05) is 0 Å². The Labute approximate surface area is 655 Å². The van der Waals surface area contributed by atoms with Crippen LogP contribution in [0.2, 0.25) is 0 Å². The quantitative estimate of drug-likeness (QED) is 0.0547. The minimum atomic E-state index is -2.89. The van der Waals surface area contributed by atoms with Gasteiger partial charge in [0.15, 0.2) is 28.4 Å². The van der Waals surface area contributed by atoms with Crippen molar-refractivity contribution in [2.45, 2.75) is 169 Å². The number of anilines is 4. The van der Waals surface area contributed by atoms with Crippen LogP contribution in [0.15, 0.2) is 123 Å². The van der Waals surface area contributed by atoms with E-state index in [0.717, 1.165) is 17.3 Å². The lowest BCUT2D eigenvalue weighted by atomic mass is 9.85. The molecule has 0 aliphatic carbocycles. The topological polar surface area (TPSA) is 375 Å². The van der Waals surface area contributed by atoms with Crippen LogP contribution in [0, 0.1) is 11.6 Å². The van der Waals surface area contributed by atoms with Gasteiger partial charge in [0.2, 0.25) is 0 Å². The van der Waals surface area contributed by atoms with Crippen molar-refractivity contribution in [3.63, 3.8) is 0 Å². The number of aliphatic hydroxyl groups excluding tert-OH is 1. The monoisotopic (exact) mass is 1600 g/mol. The van der Waals surface area contributed by atoms with Gasteiger partial charge in [0.25, 0.3) is 0 Å². The van der Waals surface area contributed by atoms with Gasteiger partial charge in [-0.25, -0.2) is 76.8 Å². The van der Waals surface area contributed by atoms with Crippen LogP contribution in [0.4, 0.5) is 78.1 Å². The van der Waals surface area contributed by atoms with E-state index >= 15 is 0 Å². The third-order valence-corrected chi connectivity index (χ3v) is 17.4. The average molecular weight is 1600 g/mol. The molecule has 33 nitrogen and oxygen atoms in total. The zero-order valence-electron chi connectivity index (χ0n) is 65.5. The molecule has 39 heteroatoms. The second kappa shape index (κ2) is 34.8. The van der Waals surface area contributed by atoms with Gasteiger partial charge in [-0.3, -0.25) is 9.97 Å². The summed E-state index contributed by atoms with van der Waals surface area (Å²) in [5, 5.41) is 23.8. The molecule has 10 heterocycles. The van der Waals surface area contributed by atoms with Crippen molar-refractivity contribution < 1.29 is 88.6 Å². The number of halogens is 6. The number of nitrogens with one attached hydrogen (secondary N) is 3. The molecule has 2 aliphatic heterocycles. The van der Waals surface area contributed by atoms with Gasteiger partial charge in [-0.2, -0.15) is 37.6 Å². The molecule has 0 bridgehead atoms. The van der Waals surface area contributed by atoms with Crippen LogP contribution in [0.3, 0.4) is 0 Å². The normalized spacial score (nSPS) is 15.9. The van der Waals surface area contributed by atoms with Crippen molar-refractivity contribution in [3.05, 3.63) is 157 Å². The number of carbonyl (C=O) groups excluding carboxylic acids is 6. The summed E-state index contributed by atoms with van der Waals surface area (Å²) in [6.45, 7) is 15.6. The van der Waals surface area contributed by atoms with E-state index in [0.29, 0.717) is 109 Å². The number of aliphatic hydroxyl groups is 1. The molecule has 6 amide bonds. The Balaban J connectivity index is 0.000000203. The fraction of sp³-hybridized carbons (Fsp3) is 0.421. The summed E-state index contributed by atoms with van der Waals surface area (Å²) < 4.78 is 115. The molecule has 2 atom stereocenters. The second-order valence-corrected chi connectivity index (χ2v) is 30.6. The number of hydrogen-bond acceptors (Lipinski definition) is 25. The third kappa shape index (κ3) is 21.0. The first-order chi connectivity index (χ1) is 54.2. The summed E-state index contributed by atoms with van der Waals surface area (Å²) in [6.07, 6.45) is 7.45. The number of rotatable bonds is 15. The van der Waals surface area contributed by atoms with Crippen molar-refractivity contribution in [1.29, 1.82) is 0 Å². The van der Waals surface area contributed by atoms with E-state index in [1.54, 1.807) is 130 Å². The molecule has 2 saturated heterocycles. The van der Waals surface area contributed by atoms with Crippen LogP contribution in [0.5, 0.6) is 0 Å². The fourth-order valence-electron chi connectivity index (χ4n) is 12.5. The number of alkyl carbamates (subject to hydrolysis) is 2. The molecule has 115 heavy (non-hydrogen) atoms. The molecule has 0 radical (unpaired) electrons. The summed E-state index contributed by atoms with van der Waals surface area (Å²) >= 11 is 0. The maximum Gasteiger partial charge on any atom is 0.425 e. The minimum absolute atomic E-state index is 0.0148. The number of aromatic nitrogens is 14. The van der Waals surface area contributed by atoms with Gasteiger partial charge in [-0.15, -0.1) is 0 Å². The second-order valence-electron chi connectivity index (χ2n) is 30.6. The molecular weight excluding hydrogens is 1510 g/mol. The van der Waals surface area contributed by atoms with Crippen LogP contribution < -0.4 is 30.2 Å². The van der Waals surface area contributed by atoms with E-state index < -0.39 is 89.0 Å². The van der Waals surface area contributed by atoms with Crippen molar-refractivity contribution in [2.75, 3.05) is 60.0 Å². The van der Waals surface area contributed by atoms with Gasteiger partial charge in [0.1, 0.15) is 63.3 Å². The van der Waals surface area contributed by atoms with Gasteiger partial charge >= 0.3 is 49.7 Å². The lowest BCUT2D eigenvalue weighted by Gasteiger charge is -2.43. The summed E-state index contributed by atoms with van der Waals surface area (Å²) in [4.78, 5) is 120. The number of hydrogen-bond donors (Lipinski definition) is 4. The molecule has 2 unspecified atom stereocenters. The number of H-pyrrole nitrogens is 1. The molecule has 2 fully saturated rings. The lowest BCUT2D eigenvalue weighted by molar-refractivity contribution is 0.0407. The number of imide groups is 2. The first kappa shape index (κ1) is 84.9. The van der Waals surface area contributed by atoms with Crippen molar-refractivity contribution in [3.8, 4) is 22.5 Å². The molecule has 612 valence electrons. The minimum Gasteiger partial charge on any atom is -0.453 e. The number of piperidine rings is 2. The standard InChI is InChI=1S/C38H43F3N10O6.C23H24F3N5O3.C15H21N5O4/c1-36(2,3)56-34(53)51(35(54)57-37(4,5)6)31-29-30(43-21-44-31)49(22-45-29)19-24-17-26(23-9-11-25(39)12-10-23)42-18-27(24)48-15-8-14-38(20-48,46-33(52)55-7)28-13-16-50(47-28)32(40)41;1-34-22(33)28-23(20-7-10-31(29-20)21(25)26)8-2-9-30(14-23)19-12-27-18(11-16(19)13-32)15-3-5-17(24)6-4-15;1-14(2,3)23-12(21)20(13(22)24-15(4,5)6)11-9-10(17-7-16-9)18-8-19-11/h9-13,16-18,21-22,32H,8,14-15,19-20H2,1-7H3,(H,46,52);3-7,10-12,21,32H,2,8-9,13-14H2,1H3,(H,28,33);7-8H,1-6H3,(H,16,17,18,19). The van der Waals surface area contributed by atoms with Crippen LogP contribution in [-0.4, -0.2) is 173 Å². The smallest absolute Gasteiger partial charge is 0.425 e. The molecule has 2 aromatic carbocycles. The number of pyridine rings is 2. The Morgan fingerprint density at radius 3 is 1.38 bits per heavy atom. The van der Waals surface area contributed by atoms with E-state index in [2.05, 4.69) is 60.7 Å². The maximum atomic E-state index is 13.9. The van der Waals surface area contributed by atoms with Crippen molar-refractivity contribution >= 4 is 81.9 Å². The first-order valence-electron chi connectivity index (χ1n) is 36.0. The first-order valence-corrected chi connectivity index (χ1v) is 36.0. The highest BCUT2D eigenvalue weighted by atomic mass is 19.3. The molecule has 10 aromatic rings. The molecule has 12 rings (SSSR count). The fourth-order valence-corrected chi connectivity index (χ4v) is 12.5. The van der Waals surface area contributed by atoms with E-state index in [4.69, 9.17) is 33.4 Å². The SMILES string of the molecule is CC(C)(C)OC(=O)N(C(=O)OC(C)(C)C)c1ncnc2nc[nH]c12.COC(=O)NC1(c2ccn(C(F)F)n2)CCCN(c2cnc(-c3ccc(F)cc3)cc2CO)C1.COC(=O)NC1(c2ccn(C(F)F)n2)CCCN(c2cnc(-c3ccc(F)cc3)cc2Cn2cnc3c(N(C(=O)OC(C)(C)C)C(=O)OC(C)(C)C)ncnc32)C1. The molecule has 0 spiro atoms. The van der Waals surface area contributed by atoms with E-state index in [-0.39, 0.29) is 66.2 Å². The Hall–Kier alpha value is -12.6. The van der Waals surface area contributed by atoms with Crippen LogP contribution >= 0.6 is 0 Å². The van der Waals surface area contributed by atoms with E-state index in [1.165, 1.54) is 75.9 Å². The van der Waals surface area contributed by atoms with Crippen molar-refractivity contribution in [2.24, 2.45) is 0 Å². The number of carbonyl (C=O) groups is 6. The highest BCUT2D eigenvalue weighted by Gasteiger charge is 2.45. The number of alkyl halides is 4. The summed E-state index contributed by atoms with van der Waals surface area (Å²) in [5.41, 5.74) is 0.574. The predicted molar refractivity (Wildman–Crippen MR) is 405 cm³/mol. The number of fused-ring (bicyclic) bond motifs is 2. The highest BCUT2D eigenvalue weighted by molar-refractivity contribution is 6.13. The molecule has 8 aromatic heterocycles. The molecule has 4 N–H and O–H groups in total. The zero-order valence-corrected chi connectivity index (χ0v) is 65.5. The highest BCUT2D eigenvalue weighted by Crippen LogP contribution is 2.40. The lowest BCUT2D eigenvalue weighted by Crippen LogP contribution is -2.57. The maximum absolute atomic E-state index is 13.9. The number of ether oxygens (including phenoxy) is 6. The van der Waals surface area contributed by atoms with Crippen LogP contribution in [-0.2, 0) is 52.7 Å². The molecular formula is C76H88F6N20O13. The Morgan fingerprint density at radius 2 is 0.965 bits per heavy atom. The summed E-state index contributed by atoms with van der Waals surface area (Å²) in [5.74, 6) is -0.928. The van der Waals surface area contributed by atoms with Gasteiger partial charge < -0.3 is 63.5 Å². The summed E-state index contributed by atoms with van der Waals surface area (Å²) in [6, 6.07) is 18.1. The van der Waals surface area contributed by atoms with Gasteiger partial charge in [-0.05, 0) is 187 Å². The number of methoxy groups -OCH3 is 2. The van der Waals surface area contributed by atoms with E-state index in [1.807, 2.05) is 15.9 Å². The van der Waals surface area contributed by atoms with Crippen LogP contribution in [0.25, 0.3) is 44.8 Å². The zero-order chi connectivity index (χ0) is 83.7. The molecule has 0 saturated carbocycles. The Kier molecular flexibility index (Phi) is 25.7. The Morgan fingerprint density at radius 1 is 0.548 bits per heavy atom. The average Bonchev–Trinajstić information content (AvgIpc) is 1.77. The van der Waals surface area contributed by atoms with E-state index in [9.17, 15) is 60.2 Å². The number of imidazole rings is 2. The number of aromatic amines is 1. The summed E-state index contributed by atoms with van der Waals surface area (Å²) in [7, 11) is 2.44. The number of amides is 6. The number of benzene rings is 2. The molecule has 2 aliphatic rings. The van der Waals surface area contributed by atoms with Crippen LogP contribution in [0.1, 0.15) is 144 Å². The van der Waals surface area contributed by atoms with Crippen molar-refractivity contribution in [1.82, 2.24) is 79.6 Å². The Bertz CT molecular complexity index is 5060. The van der Waals surface area contributed by atoms with Gasteiger partial charge in [0, 0.05) is 55.3 Å².